The molecule has 0 saturated heterocycles. The van der Waals surface area contributed by atoms with E-state index in [9.17, 15) is 4.79 Å². The van der Waals surface area contributed by atoms with Crippen LogP contribution in [0.3, 0.4) is 0 Å². The number of carbonyl (C=O) groups is 1. The van der Waals surface area contributed by atoms with Gasteiger partial charge in [-0.1, -0.05) is 19.1 Å². The van der Waals surface area contributed by atoms with Gasteiger partial charge in [0.1, 0.15) is 5.75 Å². The lowest BCUT2D eigenvalue weighted by molar-refractivity contribution is -0.120. The van der Waals surface area contributed by atoms with Crippen LogP contribution in [0.25, 0.3) is 0 Å². The van der Waals surface area contributed by atoms with Crippen molar-refractivity contribution < 1.29 is 9.53 Å². The van der Waals surface area contributed by atoms with Gasteiger partial charge in [-0.15, -0.1) is 0 Å². The highest BCUT2D eigenvalue weighted by molar-refractivity contribution is 5.76. The Hall–Kier alpha value is -1.59. The van der Waals surface area contributed by atoms with Crippen LogP contribution in [0.15, 0.2) is 24.3 Å². The van der Waals surface area contributed by atoms with E-state index in [1.54, 1.807) is 7.11 Å². The Morgan fingerprint density at radius 3 is 2.24 bits per heavy atom. The van der Waals surface area contributed by atoms with E-state index >= 15 is 0 Å². The molecule has 0 radical (unpaired) electrons. The third-order valence-electron chi connectivity index (χ3n) is 3.69. The van der Waals surface area contributed by atoms with Crippen LogP contribution < -0.4 is 16.2 Å². The summed E-state index contributed by atoms with van der Waals surface area (Å²) < 4.78 is 5.19. The second-order valence-corrected chi connectivity index (χ2v) is 5.52. The van der Waals surface area contributed by atoms with Crippen molar-refractivity contribution >= 4 is 5.91 Å². The Labute approximate surface area is 127 Å². The monoisotopic (exact) mass is 293 g/mol. The molecule has 1 amide bonds. The summed E-state index contributed by atoms with van der Waals surface area (Å²) >= 11 is 0. The summed E-state index contributed by atoms with van der Waals surface area (Å²) in [6.07, 6.45) is 0.818. The lowest BCUT2D eigenvalue weighted by Crippen LogP contribution is -2.47. The van der Waals surface area contributed by atoms with Crippen molar-refractivity contribution in [1.29, 1.82) is 0 Å². The molecular formula is C16H27N3O2. The SMILES string of the molecule is CCC(N)C(c1ccc(OC)cc1)N(CC(N)=O)C(C)C. The molecule has 0 bridgehead atoms. The van der Waals surface area contributed by atoms with E-state index in [1.807, 2.05) is 45.0 Å². The van der Waals surface area contributed by atoms with E-state index < -0.39 is 0 Å². The summed E-state index contributed by atoms with van der Waals surface area (Å²) in [7, 11) is 1.64. The third-order valence-corrected chi connectivity index (χ3v) is 3.69. The van der Waals surface area contributed by atoms with E-state index in [4.69, 9.17) is 16.2 Å². The first-order valence-corrected chi connectivity index (χ1v) is 7.34. The maximum absolute atomic E-state index is 11.4. The summed E-state index contributed by atoms with van der Waals surface area (Å²) in [5, 5.41) is 0. The number of benzene rings is 1. The minimum atomic E-state index is -0.342. The van der Waals surface area contributed by atoms with Gasteiger partial charge < -0.3 is 16.2 Å². The van der Waals surface area contributed by atoms with Crippen molar-refractivity contribution in [2.45, 2.75) is 45.3 Å². The van der Waals surface area contributed by atoms with Crippen LogP contribution in [0.1, 0.15) is 38.8 Å². The molecule has 2 atom stereocenters. The normalized spacial score (nSPS) is 14.2. The first kappa shape index (κ1) is 17.5. The zero-order valence-corrected chi connectivity index (χ0v) is 13.4. The molecule has 5 nitrogen and oxygen atoms in total. The first-order chi connectivity index (χ1) is 9.90. The predicted molar refractivity (Wildman–Crippen MR) is 85.0 cm³/mol. The van der Waals surface area contributed by atoms with Crippen molar-refractivity contribution in [3.05, 3.63) is 29.8 Å². The van der Waals surface area contributed by atoms with Crippen LogP contribution in [-0.4, -0.2) is 36.5 Å². The molecule has 0 aliphatic heterocycles. The maximum Gasteiger partial charge on any atom is 0.231 e. The summed E-state index contributed by atoms with van der Waals surface area (Å²) in [5.41, 5.74) is 12.8. The lowest BCUT2D eigenvalue weighted by Gasteiger charge is -2.37. The number of rotatable bonds is 8. The smallest absolute Gasteiger partial charge is 0.231 e. The molecule has 0 aromatic heterocycles. The predicted octanol–water partition coefficient (Wildman–Crippen LogP) is 1.67. The number of methoxy groups -OCH3 is 1. The van der Waals surface area contributed by atoms with Crippen LogP contribution in [0.2, 0.25) is 0 Å². The van der Waals surface area contributed by atoms with Gasteiger partial charge in [-0.3, -0.25) is 9.69 Å². The molecular weight excluding hydrogens is 266 g/mol. The molecule has 1 rings (SSSR count). The van der Waals surface area contributed by atoms with E-state index in [0.717, 1.165) is 17.7 Å². The molecule has 0 aliphatic rings. The standard InChI is InChI=1S/C16H27N3O2/c1-5-14(17)16(19(11(2)3)10-15(18)20)12-6-8-13(21-4)9-7-12/h6-9,11,14,16H,5,10,17H2,1-4H3,(H2,18,20). The molecule has 0 aliphatic carbocycles. The molecule has 118 valence electrons. The van der Waals surface area contributed by atoms with Crippen LogP contribution in [0.5, 0.6) is 5.75 Å². The van der Waals surface area contributed by atoms with Gasteiger partial charge in [0.15, 0.2) is 0 Å². The summed E-state index contributed by atoms with van der Waals surface area (Å²) in [5.74, 6) is 0.457. The molecule has 0 fully saturated rings. The van der Waals surface area contributed by atoms with Gasteiger partial charge in [0, 0.05) is 12.1 Å². The zero-order chi connectivity index (χ0) is 16.0. The molecule has 0 saturated carbocycles. The second kappa shape index (κ2) is 8.00. The van der Waals surface area contributed by atoms with Gasteiger partial charge in [0.05, 0.1) is 19.7 Å². The molecule has 1 aromatic rings. The zero-order valence-electron chi connectivity index (χ0n) is 13.4. The highest BCUT2D eigenvalue weighted by atomic mass is 16.5. The number of primary amides is 1. The molecule has 0 heterocycles. The van der Waals surface area contributed by atoms with Crippen LogP contribution in [0, 0.1) is 0 Å². The summed E-state index contributed by atoms with van der Waals surface area (Å²) in [6, 6.07) is 7.86. The molecule has 4 N–H and O–H groups in total. The van der Waals surface area contributed by atoms with E-state index in [1.165, 1.54) is 0 Å². The van der Waals surface area contributed by atoms with Crippen LogP contribution >= 0.6 is 0 Å². The minimum Gasteiger partial charge on any atom is -0.497 e. The van der Waals surface area contributed by atoms with Crippen molar-refractivity contribution in [3.63, 3.8) is 0 Å². The summed E-state index contributed by atoms with van der Waals surface area (Å²) in [6.45, 7) is 6.33. The topological polar surface area (TPSA) is 81.6 Å². The first-order valence-electron chi connectivity index (χ1n) is 7.34. The highest BCUT2D eigenvalue weighted by Crippen LogP contribution is 2.28. The lowest BCUT2D eigenvalue weighted by atomic mass is 9.95. The fourth-order valence-electron chi connectivity index (χ4n) is 2.49. The van der Waals surface area contributed by atoms with Gasteiger partial charge >= 0.3 is 0 Å². The molecule has 5 heteroatoms. The van der Waals surface area contributed by atoms with Crippen molar-refractivity contribution in [1.82, 2.24) is 4.90 Å². The fourth-order valence-corrected chi connectivity index (χ4v) is 2.49. The molecule has 2 unspecified atom stereocenters. The Kier molecular flexibility index (Phi) is 6.65. The van der Waals surface area contributed by atoms with Crippen molar-refractivity contribution in [2.75, 3.05) is 13.7 Å². The molecule has 0 spiro atoms. The van der Waals surface area contributed by atoms with Gasteiger partial charge in [-0.25, -0.2) is 0 Å². The Bertz CT molecular complexity index is 445. The third kappa shape index (κ3) is 4.72. The van der Waals surface area contributed by atoms with Gasteiger partial charge in [0.25, 0.3) is 0 Å². The quantitative estimate of drug-likeness (QED) is 0.764. The highest BCUT2D eigenvalue weighted by Gasteiger charge is 2.28. The van der Waals surface area contributed by atoms with Gasteiger partial charge in [-0.05, 0) is 38.0 Å². The Morgan fingerprint density at radius 1 is 1.29 bits per heavy atom. The fraction of sp³-hybridized carbons (Fsp3) is 0.562. The molecule has 1 aromatic carbocycles. The average molecular weight is 293 g/mol. The maximum atomic E-state index is 11.4. The average Bonchev–Trinajstić information content (AvgIpc) is 2.46. The number of amides is 1. The van der Waals surface area contributed by atoms with Crippen LogP contribution in [0.4, 0.5) is 0 Å². The van der Waals surface area contributed by atoms with E-state index in [0.29, 0.717) is 0 Å². The number of hydrogen-bond donors (Lipinski definition) is 2. The largest absolute Gasteiger partial charge is 0.497 e. The van der Waals surface area contributed by atoms with Gasteiger partial charge in [-0.2, -0.15) is 0 Å². The number of hydrogen-bond acceptors (Lipinski definition) is 4. The van der Waals surface area contributed by atoms with E-state index in [2.05, 4.69) is 4.90 Å². The summed E-state index contributed by atoms with van der Waals surface area (Å²) in [4.78, 5) is 13.4. The van der Waals surface area contributed by atoms with E-state index in [-0.39, 0.29) is 30.6 Å². The van der Waals surface area contributed by atoms with Crippen LogP contribution in [-0.2, 0) is 4.79 Å². The Morgan fingerprint density at radius 2 is 1.86 bits per heavy atom. The number of ether oxygens (including phenoxy) is 1. The number of carbonyl (C=O) groups excluding carboxylic acids is 1. The van der Waals surface area contributed by atoms with Gasteiger partial charge in [0.2, 0.25) is 5.91 Å². The van der Waals surface area contributed by atoms with Crippen molar-refractivity contribution in [3.8, 4) is 5.75 Å². The number of nitrogens with two attached hydrogens (primary N) is 2. The molecule has 21 heavy (non-hydrogen) atoms. The Balaban J connectivity index is 3.15. The van der Waals surface area contributed by atoms with Crippen molar-refractivity contribution in [2.24, 2.45) is 11.5 Å². The number of nitrogens with zero attached hydrogens (tertiary/aromatic N) is 1. The minimum absolute atomic E-state index is 0.0478. The second-order valence-electron chi connectivity index (χ2n) is 5.52.